The Kier molecular flexibility index (Phi) is 49.2. The molecular weight excluding hydrogens is 852 g/mol. The van der Waals surface area contributed by atoms with Gasteiger partial charge in [0.05, 0.1) is 39.9 Å². The van der Waals surface area contributed by atoms with Crippen LogP contribution in [0, 0.1) is 0 Å². The highest BCUT2D eigenvalue weighted by atomic mass is 31.2. The Hall–Kier alpha value is -1.02. The van der Waals surface area contributed by atoms with Crippen LogP contribution in [0.2, 0.25) is 0 Å². The zero-order valence-electron chi connectivity index (χ0n) is 45.4. The van der Waals surface area contributed by atoms with Crippen molar-refractivity contribution in [1.29, 1.82) is 0 Å². The van der Waals surface area contributed by atoms with Crippen LogP contribution in [0.3, 0.4) is 0 Å². The van der Waals surface area contributed by atoms with E-state index in [0.29, 0.717) is 23.9 Å². The average Bonchev–Trinajstić information content (AvgIpc) is 3.29. The maximum absolute atomic E-state index is 13.0. The van der Waals surface area contributed by atoms with E-state index < -0.39 is 20.0 Å². The Bertz CT molecular complexity index is 1140. The van der Waals surface area contributed by atoms with E-state index in [1.807, 2.05) is 21.1 Å². The van der Waals surface area contributed by atoms with Gasteiger partial charge in [0.25, 0.3) is 0 Å². The van der Waals surface area contributed by atoms with Crippen LogP contribution < -0.4 is 5.32 Å². The van der Waals surface area contributed by atoms with Crippen molar-refractivity contribution in [2.75, 3.05) is 40.9 Å². The quantitative estimate of drug-likeness (QED) is 0.0243. The minimum atomic E-state index is -4.32. The predicted molar refractivity (Wildman–Crippen MR) is 291 cm³/mol. The predicted octanol–water partition coefficient (Wildman–Crippen LogP) is 17.6. The summed E-state index contributed by atoms with van der Waals surface area (Å²) >= 11 is 0. The standard InChI is InChI=1S/C58H115N2O6P/c1-6-8-10-12-14-16-18-20-22-24-25-26-27-28-29-30-31-32-33-34-36-37-39-41-43-45-47-49-51-57(61)56(55-66-67(63,64)65-54-53-60(3,4)5)59-58(62)52-50-48-46-44-42-40-38-35-23-21-19-17-15-13-11-9-7-2/h15,17,21,23,56-57,61H,6-14,16,18-20,22,24-55H2,1-5H3,(H-,59,62,63,64)/p+1/b17-15-,23-21-. The van der Waals surface area contributed by atoms with Crippen molar-refractivity contribution in [3.63, 3.8) is 0 Å². The number of allylic oxidation sites excluding steroid dienone is 4. The minimum Gasteiger partial charge on any atom is -0.391 e. The molecule has 0 aliphatic heterocycles. The molecule has 0 rings (SSSR count). The fourth-order valence-corrected chi connectivity index (χ4v) is 9.58. The van der Waals surface area contributed by atoms with Gasteiger partial charge in [-0.05, 0) is 44.9 Å². The third-order valence-electron chi connectivity index (χ3n) is 13.5. The molecule has 0 bridgehead atoms. The number of hydrogen-bond donors (Lipinski definition) is 3. The summed E-state index contributed by atoms with van der Waals surface area (Å²) in [7, 11) is 1.62. The molecule has 0 aromatic heterocycles. The number of likely N-dealkylation sites (N-methyl/N-ethyl adjacent to an activating group) is 1. The van der Waals surface area contributed by atoms with E-state index in [1.54, 1.807) is 0 Å². The van der Waals surface area contributed by atoms with Crippen molar-refractivity contribution in [3.05, 3.63) is 24.3 Å². The van der Waals surface area contributed by atoms with E-state index in [0.717, 1.165) is 51.4 Å². The lowest BCUT2D eigenvalue weighted by Crippen LogP contribution is -2.46. The first-order valence-corrected chi connectivity index (χ1v) is 30.7. The number of aliphatic hydroxyl groups excluding tert-OH is 1. The van der Waals surface area contributed by atoms with Gasteiger partial charge in [-0.2, -0.15) is 0 Å². The molecule has 67 heavy (non-hydrogen) atoms. The van der Waals surface area contributed by atoms with Gasteiger partial charge in [-0.25, -0.2) is 4.57 Å². The number of quaternary nitrogens is 1. The number of rotatable bonds is 54. The van der Waals surface area contributed by atoms with Gasteiger partial charge in [-0.1, -0.05) is 263 Å². The molecule has 0 aliphatic rings. The topological polar surface area (TPSA) is 105 Å². The normalized spacial score (nSPS) is 14.1. The Morgan fingerprint density at radius 1 is 0.507 bits per heavy atom. The highest BCUT2D eigenvalue weighted by Gasteiger charge is 2.28. The molecule has 8 nitrogen and oxygen atoms in total. The Morgan fingerprint density at radius 3 is 1.25 bits per heavy atom. The largest absolute Gasteiger partial charge is 0.472 e. The molecule has 0 aromatic carbocycles. The second-order valence-corrected chi connectivity index (χ2v) is 22.8. The molecule has 3 N–H and O–H groups in total. The zero-order valence-corrected chi connectivity index (χ0v) is 46.3. The Morgan fingerprint density at radius 2 is 0.851 bits per heavy atom. The molecular formula is C58H116N2O6P+. The fraction of sp³-hybridized carbons (Fsp3) is 0.914. The number of phosphoric acid groups is 1. The van der Waals surface area contributed by atoms with E-state index in [1.165, 1.54) is 212 Å². The van der Waals surface area contributed by atoms with E-state index in [4.69, 9.17) is 9.05 Å². The molecule has 1 amide bonds. The molecule has 0 saturated carbocycles. The summed E-state index contributed by atoms with van der Waals surface area (Å²) in [6, 6.07) is -0.764. The summed E-state index contributed by atoms with van der Waals surface area (Å²) in [4.78, 5) is 23.3. The number of carbonyl (C=O) groups excluding carboxylic acids is 1. The van der Waals surface area contributed by atoms with Crippen LogP contribution in [0.1, 0.15) is 290 Å². The monoisotopic (exact) mass is 968 g/mol. The molecule has 0 heterocycles. The van der Waals surface area contributed by atoms with Crippen molar-refractivity contribution in [3.8, 4) is 0 Å². The highest BCUT2D eigenvalue weighted by Crippen LogP contribution is 2.43. The summed E-state index contributed by atoms with van der Waals surface area (Å²) in [5.74, 6) is -0.149. The van der Waals surface area contributed by atoms with E-state index in [9.17, 15) is 19.4 Å². The van der Waals surface area contributed by atoms with Crippen LogP contribution in [0.15, 0.2) is 24.3 Å². The van der Waals surface area contributed by atoms with Gasteiger partial charge in [0.15, 0.2) is 0 Å². The molecule has 0 radical (unpaired) electrons. The zero-order chi connectivity index (χ0) is 49.2. The van der Waals surface area contributed by atoms with E-state index in [2.05, 4.69) is 43.5 Å². The molecule has 3 atom stereocenters. The van der Waals surface area contributed by atoms with Crippen molar-refractivity contribution >= 4 is 13.7 Å². The first-order valence-electron chi connectivity index (χ1n) is 29.2. The van der Waals surface area contributed by atoms with Crippen molar-refractivity contribution in [2.45, 2.75) is 302 Å². The summed E-state index contributed by atoms with van der Waals surface area (Å²) in [6.45, 7) is 4.89. The number of aliphatic hydroxyl groups is 1. The van der Waals surface area contributed by atoms with Crippen LogP contribution in [-0.4, -0.2) is 73.4 Å². The molecule has 0 aromatic rings. The van der Waals surface area contributed by atoms with Crippen molar-refractivity contribution in [2.24, 2.45) is 0 Å². The number of carbonyl (C=O) groups is 1. The average molecular weight is 969 g/mol. The van der Waals surface area contributed by atoms with Gasteiger partial charge in [0.1, 0.15) is 13.2 Å². The fourth-order valence-electron chi connectivity index (χ4n) is 8.84. The minimum absolute atomic E-state index is 0.0741. The van der Waals surface area contributed by atoms with Crippen LogP contribution in [0.4, 0.5) is 0 Å². The lowest BCUT2D eigenvalue weighted by Gasteiger charge is -2.26. The number of unbranched alkanes of at least 4 members (excludes halogenated alkanes) is 37. The first kappa shape index (κ1) is 66.0. The van der Waals surface area contributed by atoms with Gasteiger partial charge in [-0.15, -0.1) is 0 Å². The van der Waals surface area contributed by atoms with E-state index in [-0.39, 0.29) is 19.1 Å². The molecule has 0 saturated heterocycles. The number of amides is 1. The molecule has 0 spiro atoms. The SMILES string of the molecule is CCCCC/C=C\C/C=C\CCCCCCCCCC(=O)NC(COP(=O)(O)OCC[N+](C)(C)C)C(O)CCCCCCCCCCCCCCCCCCCCCCCCCCCCCC. The maximum atomic E-state index is 13.0. The second-order valence-electron chi connectivity index (χ2n) is 21.4. The molecule has 0 fully saturated rings. The van der Waals surface area contributed by atoms with E-state index >= 15 is 0 Å². The van der Waals surface area contributed by atoms with Crippen molar-refractivity contribution < 1.29 is 32.9 Å². The molecule has 3 unspecified atom stereocenters. The lowest BCUT2D eigenvalue weighted by molar-refractivity contribution is -0.870. The smallest absolute Gasteiger partial charge is 0.391 e. The lowest BCUT2D eigenvalue weighted by atomic mass is 10.0. The van der Waals surface area contributed by atoms with Crippen LogP contribution >= 0.6 is 7.82 Å². The van der Waals surface area contributed by atoms with Crippen LogP contribution in [0.25, 0.3) is 0 Å². The number of nitrogens with one attached hydrogen (secondary N) is 1. The highest BCUT2D eigenvalue weighted by molar-refractivity contribution is 7.47. The number of phosphoric ester groups is 1. The van der Waals surface area contributed by atoms with Gasteiger partial charge >= 0.3 is 7.82 Å². The third-order valence-corrected chi connectivity index (χ3v) is 14.4. The van der Waals surface area contributed by atoms with Gasteiger partial charge in [-0.3, -0.25) is 13.8 Å². The number of nitrogens with zero attached hydrogens (tertiary/aromatic N) is 1. The summed E-state index contributed by atoms with van der Waals surface area (Å²) in [5, 5.41) is 14.1. The summed E-state index contributed by atoms with van der Waals surface area (Å²) in [5.41, 5.74) is 0. The van der Waals surface area contributed by atoms with Crippen molar-refractivity contribution in [1.82, 2.24) is 5.32 Å². The summed E-state index contributed by atoms with van der Waals surface area (Å²) < 4.78 is 23.8. The molecule has 9 heteroatoms. The van der Waals surface area contributed by atoms with Gasteiger partial charge in [0.2, 0.25) is 5.91 Å². The molecule has 398 valence electrons. The summed E-state index contributed by atoms with van der Waals surface area (Å²) in [6.07, 6.45) is 62.4. The third kappa shape index (κ3) is 52.6. The van der Waals surface area contributed by atoms with Crippen LogP contribution in [0.5, 0.6) is 0 Å². The number of hydrogen-bond acceptors (Lipinski definition) is 5. The van der Waals surface area contributed by atoms with Gasteiger partial charge < -0.3 is 19.8 Å². The maximum Gasteiger partial charge on any atom is 0.472 e. The van der Waals surface area contributed by atoms with Gasteiger partial charge in [0, 0.05) is 6.42 Å². The first-order chi connectivity index (χ1) is 32.5. The second kappa shape index (κ2) is 49.9. The Labute approximate surface area is 417 Å². The molecule has 0 aliphatic carbocycles. The Balaban J connectivity index is 4.10. The van der Waals surface area contributed by atoms with Crippen LogP contribution in [-0.2, 0) is 18.4 Å².